The van der Waals surface area contributed by atoms with Gasteiger partial charge in [-0.1, -0.05) is 25.5 Å². The average molecular weight is 357 g/mol. The molecule has 0 unspecified atom stereocenters. The zero-order valence-electron chi connectivity index (χ0n) is 14.7. The van der Waals surface area contributed by atoms with Crippen molar-refractivity contribution in [1.82, 2.24) is 5.32 Å². The molecule has 6 heteroatoms. The number of carbonyl (C=O) groups excluding carboxylic acids is 2. The molecular weight excluding hydrogens is 334 g/mol. The Morgan fingerprint density at radius 1 is 1.12 bits per heavy atom. The van der Waals surface area contributed by atoms with E-state index in [0.717, 1.165) is 24.2 Å². The van der Waals surface area contributed by atoms with Crippen LogP contribution in [0.3, 0.4) is 0 Å². The molecule has 2 saturated heterocycles. The minimum absolute atomic E-state index is 0.0766. The van der Waals surface area contributed by atoms with Gasteiger partial charge in [0, 0.05) is 12.3 Å². The highest BCUT2D eigenvalue weighted by molar-refractivity contribution is 6.26. The topological polar surface area (TPSA) is 88.2 Å². The van der Waals surface area contributed by atoms with Crippen LogP contribution >= 0.6 is 0 Å². The van der Waals surface area contributed by atoms with Crippen molar-refractivity contribution in [2.24, 2.45) is 5.92 Å². The number of allylic oxidation sites excluding steroid dienone is 1. The third kappa shape index (κ3) is 3.33. The lowest BCUT2D eigenvalue weighted by Gasteiger charge is -2.12. The SMILES string of the molecule is C[C@H]1CCC[C@H]2O[C@@H]2COc2ccc(cc2)C[C@H]2NC(=O)/C(=C/1O)C2=O. The summed E-state index contributed by atoms with van der Waals surface area (Å²) < 4.78 is 11.4. The van der Waals surface area contributed by atoms with Gasteiger partial charge in [0.2, 0.25) is 0 Å². The Hall–Kier alpha value is -2.34. The predicted octanol–water partition coefficient (Wildman–Crippen LogP) is 2.07. The Kier molecular flexibility index (Phi) is 4.44. The fraction of sp³-hybridized carbons (Fsp3) is 0.500. The van der Waals surface area contributed by atoms with Gasteiger partial charge < -0.3 is 19.9 Å². The van der Waals surface area contributed by atoms with Crippen molar-refractivity contribution in [2.45, 2.75) is 50.9 Å². The number of hydrogen-bond donors (Lipinski definition) is 2. The first-order valence-corrected chi connectivity index (χ1v) is 9.18. The van der Waals surface area contributed by atoms with Gasteiger partial charge in [0.15, 0.2) is 5.78 Å². The molecule has 0 saturated carbocycles. The molecule has 1 aromatic carbocycles. The van der Waals surface area contributed by atoms with Crippen molar-refractivity contribution in [1.29, 1.82) is 0 Å². The van der Waals surface area contributed by atoms with E-state index in [1.54, 1.807) is 0 Å². The second-order valence-corrected chi connectivity index (χ2v) is 7.35. The van der Waals surface area contributed by atoms with E-state index in [1.807, 2.05) is 31.2 Å². The van der Waals surface area contributed by atoms with E-state index in [0.29, 0.717) is 19.4 Å². The van der Waals surface area contributed by atoms with E-state index in [-0.39, 0.29) is 35.2 Å². The summed E-state index contributed by atoms with van der Waals surface area (Å²) >= 11 is 0. The van der Waals surface area contributed by atoms with E-state index < -0.39 is 11.9 Å². The average Bonchev–Trinajstić information content (AvgIpc) is 3.31. The highest BCUT2D eigenvalue weighted by Gasteiger charge is 2.40. The monoisotopic (exact) mass is 357 g/mol. The summed E-state index contributed by atoms with van der Waals surface area (Å²) in [5.41, 5.74) is 0.849. The molecule has 0 spiro atoms. The predicted molar refractivity (Wildman–Crippen MR) is 93.9 cm³/mol. The van der Waals surface area contributed by atoms with Crippen LogP contribution in [0, 0.1) is 5.92 Å². The molecule has 6 nitrogen and oxygen atoms in total. The van der Waals surface area contributed by atoms with Crippen LogP contribution < -0.4 is 10.1 Å². The molecule has 0 aliphatic carbocycles. The van der Waals surface area contributed by atoms with Gasteiger partial charge in [-0.05, 0) is 30.5 Å². The maximum atomic E-state index is 12.6. The fourth-order valence-corrected chi connectivity index (χ4v) is 3.69. The quantitative estimate of drug-likeness (QED) is 0.548. The molecule has 4 heterocycles. The highest BCUT2D eigenvalue weighted by atomic mass is 16.6. The Morgan fingerprint density at radius 2 is 1.88 bits per heavy atom. The van der Waals surface area contributed by atoms with Crippen LogP contribution in [0.2, 0.25) is 0 Å². The van der Waals surface area contributed by atoms with Crippen LogP contribution in [0.25, 0.3) is 0 Å². The fourth-order valence-electron chi connectivity index (χ4n) is 3.69. The van der Waals surface area contributed by atoms with Gasteiger partial charge >= 0.3 is 0 Å². The molecule has 5 rings (SSSR count). The van der Waals surface area contributed by atoms with Gasteiger partial charge in [-0.2, -0.15) is 0 Å². The molecular formula is C20H23NO5. The molecule has 138 valence electrons. The molecule has 4 atom stereocenters. The third-order valence-electron chi connectivity index (χ3n) is 5.41. The largest absolute Gasteiger partial charge is 0.511 e. The summed E-state index contributed by atoms with van der Waals surface area (Å²) in [5.74, 6) is -0.362. The summed E-state index contributed by atoms with van der Waals surface area (Å²) in [6.07, 6.45) is 3.13. The van der Waals surface area contributed by atoms with Crippen molar-refractivity contribution < 1.29 is 24.2 Å². The third-order valence-corrected chi connectivity index (χ3v) is 5.41. The number of carbonyl (C=O) groups is 2. The van der Waals surface area contributed by atoms with Gasteiger partial charge in [0.25, 0.3) is 5.91 Å². The molecule has 26 heavy (non-hydrogen) atoms. The first-order valence-electron chi connectivity index (χ1n) is 9.18. The molecule has 1 amide bonds. The number of benzene rings is 1. The van der Waals surface area contributed by atoms with Crippen molar-refractivity contribution in [3.05, 3.63) is 41.2 Å². The molecule has 4 aliphatic rings. The zero-order valence-corrected chi connectivity index (χ0v) is 14.7. The van der Waals surface area contributed by atoms with Gasteiger partial charge in [-0.15, -0.1) is 0 Å². The molecule has 2 N–H and O–H groups in total. The van der Waals surface area contributed by atoms with Crippen LogP contribution in [0.15, 0.2) is 35.6 Å². The molecule has 4 aliphatic heterocycles. The van der Waals surface area contributed by atoms with Crippen LogP contribution in [0.4, 0.5) is 0 Å². The first-order chi connectivity index (χ1) is 12.5. The number of aliphatic hydroxyl groups is 1. The standard InChI is InChI=1S/C20H23NO5/c1-11-3-2-4-15-16(26-15)10-25-13-7-5-12(6-8-13)9-14-19(23)17(18(11)22)20(24)21-14/h5-8,11,14-16,22H,2-4,9-10H2,1H3,(H,21,24)/b18-17-/t11-,14+,15+,16+/m0/s1. The number of rotatable bonds is 0. The lowest BCUT2D eigenvalue weighted by molar-refractivity contribution is -0.117. The van der Waals surface area contributed by atoms with Crippen molar-refractivity contribution in [3.8, 4) is 5.75 Å². The highest BCUT2D eigenvalue weighted by Crippen LogP contribution is 2.31. The molecule has 0 aromatic heterocycles. The summed E-state index contributed by atoms with van der Waals surface area (Å²) in [5, 5.41) is 13.2. The number of ketones is 1. The van der Waals surface area contributed by atoms with Crippen molar-refractivity contribution in [3.63, 3.8) is 0 Å². The summed E-state index contributed by atoms with van der Waals surface area (Å²) in [4.78, 5) is 24.9. The Morgan fingerprint density at radius 3 is 2.65 bits per heavy atom. The van der Waals surface area contributed by atoms with E-state index in [1.165, 1.54) is 0 Å². The minimum Gasteiger partial charge on any atom is -0.511 e. The lowest BCUT2D eigenvalue weighted by Crippen LogP contribution is -2.31. The van der Waals surface area contributed by atoms with Crippen LogP contribution in [-0.2, 0) is 20.7 Å². The number of aliphatic hydroxyl groups excluding tert-OH is 1. The Bertz CT molecular complexity index is 754. The number of hydrogen-bond acceptors (Lipinski definition) is 5. The maximum absolute atomic E-state index is 12.6. The molecule has 2 fully saturated rings. The number of ether oxygens (including phenoxy) is 2. The number of fused-ring (bicyclic) bond motifs is 7. The summed E-state index contributed by atoms with van der Waals surface area (Å²) in [7, 11) is 0. The van der Waals surface area contributed by atoms with Crippen molar-refractivity contribution in [2.75, 3.05) is 6.61 Å². The van der Waals surface area contributed by atoms with E-state index in [2.05, 4.69) is 5.32 Å². The van der Waals surface area contributed by atoms with Gasteiger partial charge in [0.05, 0.1) is 12.1 Å². The maximum Gasteiger partial charge on any atom is 0.259 e. The van der Waals surface area contributed by atoms with Crippen molar-refractivity contribution >= 4 is 11.7 Å². The first kappa shape index (κ1) is 17.1. The van der Waals surface area contributed by atoms with Gasteiger partial charge in [-0.25, -0.2) is 0 Å². The summed E-state index contributed by atoms with van der Waals surface area (Å²) in [6, 6.07) is 6.88. The zero-order chi connectivity index (χ0) is 18.3. The second kappa shape index (κ2) is 6.76. The van der Waals surface area contributed by atoms with Gasteiger partial charge in [-0.3, -0.25) is 9.59 Å². The van der Waals surface area contributed by atoms with Gasteiger partial charge in [0.1, 0.15) is 29.8 Å². The number of epoxide rings is 1. The van der Waals surface area contributed by atoms with Crippen LogP contribution in [0.1, 0.15) is 31.7 Å². The number of nitrogens with one attached hydrogen (secondary N) is 1. The summed E-state index contributed by atoms with van der Waals surface area (Å²) in [6.45, 7) is 2.38. The second-order valence-electron chi connectivity index (χ2n) is 7.35. The normalized spacial score (nSPS) is 34.7. The van der Waals surface area contributed by atoms with E-state index >= 15 is 0 Å². The molecule has 1 aromatic rings. The smallest absolute Gasteiger partial charge is 0.259 e. The van der Waals surface area contributed by atoms with Crippen LogP contribution in [0.5, 0.6) is 5.75 Å². The number of amides is 1. The molecule has 0 radical (unpaired) electrons. The van der Waals surface area contributed by atoms with E-state index in [9.17, 15) is 14.7 Å². The molecule has 4 bridgehead atoms. The van der Waals surface area contributed by atoms with E-state index in [4.69, 9.17) is 9.47 Å². The lowest BCUT2D eigenvalue weighted by atomic mass is 9.94. The number of Topliss-reactive ketones (excluding diaryl/α,β-unsaturated/α-hetero) is 1. The van der Waals surface area contributed by atoms with Crippen LogP contribution in [-0.4, -0.2) is 41.7 Å². The Balaban J connectivity index is 1.60. The Labute approximate surface area is 152 Å². The minimum atomic E-state index is -0.629.